The Morgan fingerprint density at radius 3 is 2.74 bits per heavy atom. The summed E-state index contributed by atoms with van der Waals surface area (Å²) in [4.78, 5) is 28.7. The van der Waals surface area contributed by atoms with Crippen LogP contribution in [0.4, 0.5) is 0 Å². The first kappa shape index (κ1) is 16.3. The molecule has 2 fully saturated rings. The van der Waals surface area contributed by atoms with E-state index in [1.54, 1.807) is 0 Å². The molecule has 0 aromatic heterocycles. The van der Waals surface area contributed by atoms with E-state index in [1.165, 1.54) is 0 Å². The summed E-state index contributed by atoms with van der Waals surface area (Å²) in [6.07, 6.45) is 12.8. The average molecular weight is 316 g/mol. The molecule has 0 unspecified atom stereocenters. The number of nitrogens with zero attached hydrogens (tertiary/aromatic N) is 2. The highest BCUT2D eigenvalue weighted by molar-refractivity contribution is 5.79. The summed E-state index contributed by atoms with van der Waals surface area (Å²) in [7, 11) is 0. The Balaban J connectivity index is 1.57. The van der Waals surface area contributed by atoms with Crippen molar-refractivity contribution in [3.05, 3.63) is 24.8 Å². The maximum Gasteiger partial charge on any atom is 0.226 e. The Kier molecular flexibility index (Phi) is 4.88. The van der Waals surface area contributed by atoms with Crippen molar-refractivity contribution in [3.63, 3.8) is 0 Å². The number of hydrogen-bond donors (Lipinski definition) is 0. The minimum Gasteiger partial charge on any atom is -0.342 e. The lowest BCUT2D eigenvalue weighted by Crippen LogP contribution is -2.53. The molecule has 2 heterocycles. The maximum absolute atomic E-state index is 12.7. The van der Waals surface area contributed by atoms with Crippen molar-refractivity contribution in [2.24, 2.45) is 11.3 Å². The number of carbonyl (C=O) groups excluding carboxylic acids is 2. The normalized spacial score (nSPS) is 27.3. The molecular formula is C19H28N2O2. The molecule has 0 saturated carbocycles. The zero-order valence-electron chi connectivity index (χ0n) is 14.0. The van der Waals surface area contributed by atoms with Crippen molar-refractivity contribution >= 4 is 11.8 Å². The molecule has 0 aromatic carbocycles. The molecule has 1 atom stereocenters. The van der Waals surface area contributed by atoms with Crippen LogP contribution in [0.3, 0.4) is 0 Å². The smallest absolute Gasteiger partial charge is 0.226 e. The quantitative estimate of drug-likeness (QED) is 0.751. The molecule has 4 heteroatoms. The molecule has 2 amide bonds. The highest BCUT2D eigenvalue weighted by Crippen LogP contribution is 2.40. The van der Waals surface area contributed by atoms with E-state index in [1.807, 2.05) is 11.0 Å². The van der Waals surface area contributed by atoms with Gasteiger partial charge in [0.2, 0.25) is 11.8 Å². The molecule has 23 heavy (non-hydrogen) atoms. The van der Waals surface area contributed by atoms with E-state index in [0.29, 0.717) is 18.9 Å². The van der Waals surface area contributed by atoms with E-state index in [4.69, 9.17) is 0 Å². The van der Waals surface area contributed by atoms with Crippen LogP contribution in [0.2, 0.25) is 0 Å². The van der Waals surface area contributed by atoms with Crippen LogP contribution in [0.25, 0.3) is 0 Å². The van der Waals surface area contributed by atoms with Crippen molar-refractivity contribution in [2.75, 3.05) is 26.2 Å². The van der Waals surface area contributed by atoms with Gasteiger partial charge in [-0.3, -0.25) is 9.59 Å². The standard InChI is InChI=1S/C19H28N2O2/c1-2-12-21-15-19(9-8-17(21)22)10-13-20(14-11-19)18(23)16-6-4-3-5-7-16/h2-4,16H,1,5-15H2/t16-/m1/s1. The number of carbonyl (C=O) groups is 2. The third-order valence-corrected chi connectivity index (χ3v) is 5.85. The van der Waals surface area contributed by atoms with Crippen molar-refractivity contribution in [3.8, 4) is 0 Å². The number of amides is 2. The lowest BCUT2D eigenvalue weighted by atomic mass is 9.72. The van der Waals surface area contributed by atoms with Crippen molar-refractivity contribution < 1.29 is 9.59 Å². The molecule has 2 aliphatic heterocycles. The van der Waals surface area contributed by atoms with Crippen molar-refractivity contribution in [1.29, 1.82) is 0 Å². The zero-order valence-corrected chi connectivity index (χ0v) is 14.0. The van der Waals surface area contributed by atoms with Crippen LogP contribution < -0.4 is 0 Å². The third kappa shape index (κ3) is 3.51. The summed E-state index contributed by atoms with van der Waals surface area (Å²) in [5.74, 6) is 0.793. The zero-order chi connectivity index (χ0) is 16.3. The van der Waals surface area contributed by atoms with Gasteiger partial charge in [-0.25, -0.2) is 0 Å². The van der Waals surface area contributed by atoms with Gasteiger partial charge in [0.15, 0.2) is 0 Å². The molecule has 126 valence electrons. The van der Waals surface area contributed by atoms with Crippen LogP contribution in [0.1, 0.15) is 44.9 Å². The molecule has 3 rings (SSSR count). The van der Waals surface area contributed by atoms with Crippen molar-refractivity contribution in [1.82, 2.24) is 9.80 Å². The number of rotatable bonds is 3. The summed E-state index contributed by atoms with van der Waals surface area (Å²) in [6, 6.07) is 0. The summed E-state index contributed by atoms with van der Waals surface area (Å²) in [5.41, 5.74) is 0.222. The highest BCUT2D eigenvalue weighted by Gasteiger charge is 2.41. The van der Waals surface area contributed by atoms with Gasteiger partial charge in [-0.2, -0.15) is 0 Å². The van der Waals surface area contributed by atoms with Gasteiger partial charge < -0.3 is 9.80 Å². The van der Waals surface area contributed by atoms with E-state index in [-0.39, 0.29) is 17.2 Å². The monoisotopic (exact) mass is 316 g/mol. The Morgan fingerprint density at radius 2 is 2.09 bits per heavy atom. The first-order valence-corrected chi connectivity index (χ1v) is 8.96. The number of allylic oxidation sites excluding steroid dienone is 2. The molecule has 1 aliphatic carbocycles. The van der Waals surface area contributed by atoms with Gasteiger partial charge in [0.25, 0.3) is 0 Å². The fourth-order valence-corrected chi connectivity index (χ4v) is 4.31. The average Bonchev–Trinajstić information content (AvgIpc) is 2.59. The van der Waals surface area contributed by atoms with Crippen LogP contribution in [-0.2, 0) is 9.59 Å². The minimum absolute atomic E-state index is 0.194. The van der Waals surface area contributed by atoms with Gasteiger partial charge in [0, 0.05) is 38.5 Å². The fourth-order valence-electron chi connectivity index (χ4n) is 4.31. The Hall–Kier alpha value is -1.58. The predicted molar refractivity (Wildman–Crippen MR) is 90.7 cm³/mol. The van der Waals surface area contributed by atoms with Crippen LogP contribution in [0, 0.1) is 11.3 Å². The molecular weight excluding hydrogens is 288 g/mol. The lowest BCUT2D eigenvalue weighted by molar-refractivity contribution is -0.143. The Morgan fingerprint density at radius 1 is 1.30 bits per heavy atom. The molecule has 0 bridgehead atoms. The lowest BCUT2D eigenvalue weighted by Gasteiger charge is -2.47. The van der Waals surface area contributed by atoms with E-state index in [2.05, 4.69) is 23.6 Å². The fraction of sp³-hybridized carbons (Fsp3) is 0.684. The second kappa shape index (κ2) is 6.90. The highest BCUT2D eigenvalue weighted by atomic mass is 16.2. The summed E-state index contributed by atoms with van der Waals surface area (Å²) in [5, 5.41) is 0. The SMILES string of the molecule is C=CCN1CC2(CCC1=O)CCN(C(=O)[C@@H]1CC=CCC1)CC2. The summed E-state index contributed by atoms with van der Waals surface area (Å²) >= 11 is 0. The molecule has 0 N–H and O–H groups in total. The van der Waals surface area contributed by atoms with Gasteiger partial charge in [-0.15, -0.1) is 6.58 Å². The number of likely N-dealkylation sites (tertiary alicyclic amines) is 2. The van der Waals surface area contributed by atoms with Crippen LogP contribution in [-0.4, -0.2) is 47.8 Å². The molecule has 0 radical (unpaired) electrons. The molecule has 2 saturated heterocycles. The number of piperidine rings is 2. The summed E-state index contributed by atoms with van der Waals surface area (Å²) < 4.78 is 0. The second-order valence-electron chi connectivity index (χ2n) is 7.37. The van der Waals surface area contributed by atoms with E-state index in [0.717, 1.165) is 58.2 Å². The third-order valence-electron chi connectivity index (χ3n) is 5.85. The van der Waals surface area contributed by atoms with Gasteiger partial charge in [-0.1, -0.05) is 18.2 Å². The van der Waals surface area contributed by atoms with Crippen LogP contribution in [0.5, 0.6) is 0 Å². The first-order chi connectivity index (χ1) is 11.1. The van der Waals surface area contributed by atoms with E-state index in [9.17, 15) is 9.59 Å². The van der Waals surface area contributed by atoms with Crippen LogP contribution in [0.15, 0.2) is 24.8 Å². The predicted octanol–water partition coefficient (Wildman–Crippen LogP) is 2.76. The first-order valence-electron chi connectivity index (χ1n) is 8.96. The van der Waals surface area contributed by atoms with E-state index < -0.39 is 0 Å². The van der Waals surface area contributed by atoms with E-state index >= 15 is 0 Å². The van der Waals surface area contributed by atoms with Crippen LogP contribution >= 0.6 is 0 Å². The van der Waals surface area contributed by atoms with Crippen molar-refractivity contribution in [2.45, 2.75) is 44.9 Å². The molecule has 0 aromatic rings. The van der Waals surface area contributed by atoms with Gasteiger partial charge in [-0.05, 0) is 43.9 Å². The Bertz CT molecular complexity index is 503. The van der Waals surface area contributed by atoms with Gasteiger partial charge >= 0.3 is 0 Å². The maximum atomic E-state index is 12.7. The second-order valence-corrected chi connectivity index (χ2v) is 7.37. The minimum atomic E-state index is 0.194. The van der Waals surface area contributed by atoms with Gasteiger partial charge in [0.1, 0.15) is 0 Å². The van der Waals surface area contributed by atoms with Gasteiger partial charge in [0.05, 0.1) is 0 Å². The molecule has 4 nitrogen and oxygen atoms in total. The largest absolute Gasteiger partial charge is 0.342 e. The number of hydrogen-bond acceptors (Lipinski definition) is 2. The Labute approximate surface area is 139 Å². The molecule has 1 spiro atoms. The topological polar surface area (TPSA) is 40.6 Å². The molecule has 3 aliphatic rings. The summed E-state index contributed by atoms with van der Waals surface area (Å²) in [6.45, 7) is 6.96.